The van der Waals surface area contributed by atoms with Crippen LogP contribution >= 0.6 is 24.0 Å². The van der Waals surface area contributed by atoms with Crippen LogP contribution in [0.4, 0.5) is 0 Å². The third kappa shape index (κ3) is 7.77. The molecule has 0 heterocycles. The van der Waals surface area contributed by atoms with Gasteiger partial charge in [0.15, 0.2) is 17.5 Å². The zero-order valence-electron chi connectivity index (χ0n) is 18.1. The van der Waals surface area contributed by atoms with Crippen LogP contribution in [0.1, 0.15) is 44.6 Å². The van der Waals surface area contributed by atoms with Gasteiger partial charge < -0.3 is 20.1 Å². The monoisotopic (exact) mass is 554 g/mol. The van der Waals surface area contributed by atoms with Crippen molar-refractivity contribution in [1.82, 2.24) is 10.6 Å². The highest BCUT2D eigenvalue weighted by atomic mass is 127. The minimum atomic E-state index is -3.51. The number of guanidine groups is 1. The van der Waals surface area contributed by atoms with Gasteiger partial charge in [-0.05, 0) is 37.5 Å². The number of halogens is 1. The van der Waals surface area contributed by atoms with Crippen molar-refractivity contribution < 1.29 is 17.9 Å². The van der Waals surface area contributed by atoms with E-state index in [0.29, 0.717) is 24.8 Å². The maximum Gasteiger partial charge on any atom is 0.210 e. The van der Waals surface area contributed by atoms with Crippen molar-refractivity contribution in [2.24, 2.45) is 10.1 Å². The minimum absolute atomic E-state index is 0. The molecule has 1 aliphatic carbocycles. The van der Waals surface area contributed by atoms with Crippen LogP contribution in [-0.2, 0) is 15.4 Å². The summed E-state index contributed by atoms with van der Waals surface area (Å²) < 4.78 is 33.2. The SMILES string of the molecule is CCNC(=NCC1(c2ccc(OC)c(OC)c2)CCCCC1)NCCS(N)(=O)=O.I. The molecule has 1 saturated carbocycles. The van der Waals surface area contributed by atoms with Crippen LogP contribution in [0.15, 0.2) is 23.2 Å². The van der Waals surface area contributed by atoms with Crippen molar-refractivity contribution in [2.45, 2.75) is 44.4 Å². The lowest BCUT2D eigenvalue weighted by atomic mass is 9.69. The number of methoxy groups -OCH3 is 2. The summed E-state index contributed by atoms with van der Waals surface area (Å²) in [6.45, 7) is 3.48. The van der Waals surface area contributed by atoms with Crippen LogP contribution < -0.4 is 25.2 Å². The molecule has 1 aliphatic rings. The van der Waals surface area contributed by atoms with Crippen molar-refractivity contribution in [3.8, 4) is 11.5 Å². The average Bonchev–Trinajstić information content (AvgIpc) is 2.71. The van der Waals surface area contributed by atoms with Crippen LogP contribution in [0.5, 0.6) is 11.5 Å². The molecule has 0 atom stereocenters. The largest absolute Gasteiger partial charge is 0.493 e. The van der Waals surface area contributed by atoms with E-state index in [1.165, 1.54) is 12.0 Å². The van der Waals surface area contributed by atoms with Gasteiger partial charge in [-0.3, -0.25) is 4.99 Å². The molecule has 0 aromatic heterocycles. The molecule has 10 heteroatoms. The predicted molar refractivity (Wildman–Crippen MR) is 132 cm³/mol. The number of primary sulfonamides is 1. The van der Waals surface area contributed by atoms with E-state index in [0.717, 1.165) is 31.4 Å². The molecule has 1 fully saturated rings. The Morgan fingerprint density at radius 1 is 1.13 bits per heavy atom. The van der Waals surface area contributed by atoms with Crippen LogP contribution in [0.2, 0.25) is 0 Å². The number of nitrogens with two attached hydrogens (primary N) is 1. The lowest BCUT2D eigenvalue weighted by molar-refractivity contribution is 0.298. The van der Waals surface area contributed by atoms with Gasteiger partial charge in [-0.15, -0.1) is 24.0 Å². The molecular weight excluding hydrogens is 519 g/mol. The molecule has 0 unspecified atom stereocenters. The second-order valence-electron chi connectivity index (χ2n) is 7.40. The summed E-state index contributed by atoms with van der Waals surface area (Å²) in [4.78, 5) is 4.79. The lowest BCUT2D eigenvalue weighted by Gasteiger charge is -2.37. The zero-order valence-corrected chi connectivity index (χ0v) is 21.2. The summed E-state index contributed by atoms with van der Waals surface area (Å²) in [6.07, 6.45) is 5.62. The summed E-state index contributed by atoms with van der Waals surface area (Å²) in [6, 6.07) is 6.11. The van der Waals surface area contributed by atoms with Gasteiger partial charge in [-0.25, -0.2) is 13.6 Å². The fourth-order valence-electron chi connectivity index (χ4n) is 3.82. The number of ether oxygens (including phenoxy) is 2. The smallest absolute Gasteiger partial charge is 0.210 e. The molecule has 1 aromatic rings. The maximum atomic E-state index is 11.2. The Labute approximate surface area is 197 Å². The number of hydrogen-bond acceptors (Lipinski definition) is 5. The third-order valence-corrected chi connectivity index (χ3v) is 6.14. The number of nitrogens with zero attached hydrogens (tertiary/aromatic N) is 1. The first kappa shape index (κ1) is 26.8. The number of benzene rings is 1. The summed E-state index contributed by atoms with van der Waals surface area (Å²) in [5.41, 5.74) is 1.11. The number of hydrogen-bond donors (Lipinski definition) is 3. The molecule has 4 N–H and O–H groups in total. The molecule has 8 nitrogen and oxygen atoms in total. The first-order valence-electron chi connectivity index (χ1n) is 10.1. The fourth-order valence-corrected chi connectivity index (χ4v) is 4.20. The van der Waals surface area contributed by atoms with Gasteiger partial charge >= 0.3 is 0 Å². The number of rotatable bonds is 9. The molecule has 2 rings (SSSR count). The molecule has 172 valence electrons. The van der Waals surface area contributed by atoms with Gasteiger partial charge in [-0.2, -0.15) is 0 Å². The normalized spacial score (nSPS) is 16.3. The molecule has 0 aliphatic heterocycles. The van der Waals surface area contributed by atoms with Crippen molar-refractivity contribution in [3.05, 3.63) is 23.8 Å². The molecule has 0 radical (unpaired) electrons. The van der Waals surface area contributed by atoms with E-state index in [2.05, 4.69) is 22.8 Å². The lowest BCUT2D eigenvalue weighted by Crippen LogP contribution is -2.42. The third-order valence-electron chi connectivity index (χ3n) is 5.37. The summed E-state index contributed by atoms with van der Waals surface area (Å²) in [7, 11) is -0.233. The van der Waals surface area contributed by atoms with Crippen molar-refractivity contribution in [2.75, 3.05) is 39.6 Å². The highest BCUT2D eigenvalue weighted by Crippen LogP contribution is 2.42. The molecule has 0 spiro atoms. The summed E-state index contributed by atoms with van der Waals surface area (Å²) in [5, 5.41) is 11.3. The Bertz CT molecular complexity index is 796. The van der Waals surface area contributed by atoms with Gasteiger partial charge in [0.1, 0.15) is 0 Å². The molecular formula is C20H35IN4O4S. The summed E-state index contributed by atoms with van der Waals surface area (Å²) >= 11 is 0. The summed E-state index contributed by atoms with van der Waals surface area (Å²) in [5.74, 6) is 1.89. The van der Waals surface area contributed by atoms with Gasteiger partial charge in [-0.1, -0.05) is 25.3 Å². The predicted octanol–water partition coefficient (Wildman–Crippen LogP) is 2.37. The minimum Gasteiger partial charge on any atom is -0.493 e. The molecule has 0 amide bonds. The standard InChI is InChI=1S/C20H34N4O4S.HI/c1-4-22-19(23-12-13-29(21,25)26)24-15-20(10-6-5-7-11-20)16-8-9-17(27-2)18(14-16)28-3;/h8-9,14H,4-7,10-13,15H2,1-3H3,(H2,21,25,26)(H2,22,23,24);1H. The highest BCUT2D eigenvalue weighted by Gasteiger charge is 2.34. The number of aliphatic imine (C=N–C) groups is 1. The maximum absolute atomic E-state index is 11.2. The average molecular weight is 554 g/mol. The topological polar surface area (TPSA) is 115 Å². The quantitative estimate of drug-likeness (QED) is 0.245. The van der Waals surface area contributed by atoms with Gasteiger partial charge in [0.05, 0.1) is 26.5 Å². The van der Waals surface area contributed by atoms with E-state index < -0.39 is 10.0 Å². The van der Waals surface area contributed by atoms with Crippen molar-refractivity contribution in [3.63, 3.8) is 0 Å². The molecule has 0 saturated heterocycles. The number of nitrogens with one attached hydrogen (secondary N) is 2. The van der Waals surface area contributed by atoms with E-state index in [1.54, 1.807) is 14.2 Å². The van der Waals surface area contributed by atoms with Crippen molar-refractivity contribution >= 4 is 40.0 Å². The van der Waals surface area contributed by atoms with Crippen LogP contribution in [0.3, 0.4) is 0 Å². The fraction of sp³-hybridized carbons (Fsp3) is 0.650. The van der Waals surface area contributed by atoms with E-state index in [9.17, 15) is 8.42 Å². The van der Waals surface area contributed by atoms with Gasteiger partial charge in [0, 0.05) is 18.5 Å². The van der Waals surface area contributed by atoms with Crippen LogP contribution in [-0.4, -0.2) is 54.0 Å². The van der Waals surface area contributed by atoms with E-state index in [1.807, 2.05) is 13.0 Å². The van der Waals surface area contributed by atoms with E-state index in [4.69, 9.17) is 19.6 Å². The molecule has 30 heavy (non-hydrogen) atoms. The van der Waals surface area contributed by atoms with Crippen molar-refractivity contribution in [1.29, 1.82) is 0 Å². The van der Waals surface area contributed by atoms with E-state index >= 15 is 0 Å². The van der Waals surface area contributed by atoms with Gasteiger partial charge in [0.2, 0.25) is 10.0 Å². The Hall–Kier alpha value is -1.27. The first-order valence-corrected chi connectivity index (χ1v) is 11.8. The molecule has 1 aromatic carbocycles. The van der Waals surface area contributed by atoms with Gasteiger partial charge in [0.25, 0.3) is 0 Å². The Morgan fingerprint density at radius 2 is 1.80 bits per heavy atom. The van der Waals surface area contributed by atoms with Crippen LogP contribution in [0, 0.1) is 0 Å². The second-order valence-corrected chi connectivity index (χ2v) is 9.13. The highest BCUT2D eigenvalue weighted by molar-refractivity contribution is 14.0. The number of sulfonamides is 1. The first-order chi connectivity index (χ1) is 13.8. The Kier molecular flexibility index (Phi) is 11.2. The Morgan fingerprint density at radius 3 is 2.37 bits per heavy atom. The Balaban J connectivity index is 0.00000450. The zero-order chi connectivity index (χ0) is 21.3. The van der Waals surface area contributed by atoms with Crippen LogP contribution in [0.25, 0.3) is 0 Å². The second kappa shape index (κ2) is 12.6. The van der Waals surface area contributed by atoms with E-state index in [-0.39, 0.29) is 41.7 Å². The molecule has 0 bridgehead atoms.